The zero-order chi connectivity index (χ0) is 27.0. The van der Waals surface area contributed by atoms with Gasteiger partial charge in [-0.3, -0.25) is 13.9 Å². The summed E-state index contributed by atoms with van der Waals surface area (Å²) in [7, 11) is -2.01. The van der Waals surface area contributed by atoms with Gasteiger partial charge in [-0.25, -0.2) is 8.42 Å². The Morgan fingerprint density at radius 2 is 1.70 bits per heavy atom. The van der Waals surface area contributed by atoms with E-state index in [9.17, 15) is 18.0 Å². The summed E-state index contributed by atoms with van der Waals surface area (Å²) < 4.78 is 32.3. The molecule has 2 aromatic rings. The van der Waals surface area contributed by atoms with Crippen LogP contribution >= 0.6 is 15.9 Å². The van der Waals surface area contributed by atoms with Gasteiger partial charge in [-0.05, 0) is 68.1 Å². The second-order valence-electron chi connectivity index (χ2n) is 9.45. The highest BCUT2D eigenvalue weighted by Gasteiger charge is 2.28. The monoisotopic (exact) mass is 593 g/mol. The van der Waals surface area contributed by atoms with Crippen LogP contribution in [0.2, 0.25) is 0 Å². The first-order valence-corrected chi connectivity index (χ1v) is 15.2. The van der Waals surface area contributed by atoms with Crippen LogP contribution in [0.4, 0.5) is 5.69 Å². The van der Waals surface area contributed by atoms with Gasteiger partial charge < -0.3 is 15.0 Å². The van der Waals surface area contributed by atoms with E-state index in [2.05, 4.69) is 21.2 Å². The van der Waals surface area contributed by atoms with Crippen LogP contribution in [0.5, 0.6) is 5.75 Å². The van der Waals surface area contributed by atoms with Gasteiger partial charge in [0.25, 0.3) is 0 Å². The van der Waals surface area contributed by atoms with Gasteiger partial charge in [-0.2, -0.15) is 0 Å². The van der Waals surface area contributed by atoms with Gasteiger partial charge in [0.15, 0.2) is 0 Å². The molecular formula is C27H36BrN3O5S. The first-order chi connectivity index (χ1) is 17.6. The fraction of sp³-hybridized carbons (Fsp3) is 0.481. The van der Waals surface area contributed by atoms with Crippen LogP contribution in [-0.4, -0.2) is 57.1 Å². The normalized spacial score (nSPS) is 14.7. The van der Waals surface area contributed by atoms with E-state index in [0.717, 1.165) is 42.0 Å². The first-order valence-electron chi connectivity index (χ1n) is 12.5. The highest BCUT2D eigenvalue weighted by Crippen LogP contribution is 2.23. The largest absolute Gasteiger partial charge is 0.497 e. The number of carbonyl (C=O) groups is 2. The number of amides is 2. The van der Waals surface area contributed by atoms with E-state index >= 15 is 0 Å². The Kier molecular flexibility index (Phi) is 10.4. The molecule has 1 atom stereocenters. The fourth-order valence-corrected chi connectivity index (χ4v) is 5.74. The molecule has 0 bridgehead atoms. The fourth-order valence-electron chi connectivity index (χ4n) is 4.51. The third-order valence-corrected chi connectivity index (χ3v) is 8.37. The van der Waals surface area contributed by atoms with Crippen LogP contribution in [-0.2, 0) is 26.2 Å². The molecule has 2 aromatic carbocycles. The third-order valence-electron chi connectivity index (χ3n) is 6.65. The highest BCUT2D eigenvalue weighted by molar-refractivity contribution is 9.10. The molecule has 0 aliphatic heterocycles. The van der Waals surface area contributed by atoms with E-state index in [1.54, 1.807) is 43.2 Å². The Bertz CT molecular complexity index is 1150. The maximum Gasteiger partial charge on any atom is 0.242 e. The smallest absolute Gasteiger partial charge is 0.242 e. The average Bonchev–Trinajstić information content (AvgIpc) is 3.38. The first kappa shape index (κ1) is 29.0. The van der Waals surface area contributed by atoms with Crippen molar-refractivity contribution in [3.8, 4) is 5.75 Å². The number of nitrogens with one attached hydrogen (secondary N) is 1. The summed E-state index contributed by atoms with van der Waals surface area (Å²) in [5.41, 5.74) is 1.42. The van der Waals surface area contributed by atoms with E-state index < -0.39 is 16.1 Å². The van der Waals surface area contributed by atoms with Crippen LogP contribution in [0.25, 0.3) is 0 Å². The quantitative estimate of drug-likeness (QED) is 0.391. The number of nitrogens with zero attached hydrogens (tertiary/aromatic N) is 2. The molecular weight excluding hydrogens is 558 g/mol. The summed E-state index contributed by atoms with van der Waals surface area (Å²) in [5, 5.41) is 3.10. The van der Waals surface area contributed by atoms with Crippen molar-refractivity contribution in [1.29, 1.82) is 0 Å². The molecule has 1 aliphatic rings. The van der Waals surface area contributed by atoms with Gasteiger partial charge >= 0.3 is 0 Å². The Balaban J connectivity index is 1.70. The summed E-state index contributed by atoms with van der Waals surface area (Å²) in [5.74, 6) is 0.273. The van der Waals surface area contributed by atoms with Gasteiger partial charge in [0.05, 0.1) is 19.1 Å². The number of methoxy groups -OCH3 is 1. The number of anilines is 1. The number of carbonyl (C=O) groups excluding carboxylic acids is 2. The standard InChI is InChI=1S/C27H36BrN3O5S/c1-20(27(33)29-23-7-4-5-8-23)30(19-21-10-12-22(28)13-11-21)26(32)9-6-18-31(37(3,34)35)24-14-16-25(36-2)17-15-24/h10-17,20,23H,4-9,18-19H2,1-3H3,(H,29,33)/t20-/m0/s1. The lowest BCUT2D eigenvalue weighted by Crippen LogP contribution is -2.49. The lowest BCUT2D eigenvalue weighted by atomic mass is 10.1. The molecule has 0 unspecified atom stereocenters. The van der Waals surface area contributed by atoms with Gasteiger partial charge in [0.1, 0.15) is 11.8 Å². The molecule has 202 valence electrons. The van der Waals surface area contributed by atoms with E-state index in [1.165, 1.54) is 4.31 Å². The van der Waals surface area contributed by atoms with Crippen molar-refractivity contribution in [3.63, 3.8) is 0 Å². The molecule has 10 heteroatoms. The van der Waals surface area contributed by atoms with Crippen molar-refractivity contribution < 1.29 is 22.7 Å². The van der Waals surface area contributed by atoms with E-state index in [0.29, 0.717) is 24.4 Å². The van der Waals surface area contributed by atoms with Crippen LogP contribution in [0, 0.1) is 0 Å². The molecule has 8 nitrogen and oxygen atoms in total. The topological polar surface area (TPSA) is 96.0 Å². The SMILES string of the molecule is COc1ccc(N(CCCC(=O)N(Cc2ccc(Br)cc2)[C@@H](C)C(=O)NC2CCCC2)S(C)(=O)=O)cc1. The van der Waals surface area contributed by atoms with Crippen LogP contribution in [0.15, 0.2) is 53.0 Å². The lowest BCUT2D eigenvalue weighted by molar-refractivity contribution is -0.141. The molecule has 2 amide bonds. The van der Waals surface area contributed by atoms with Gasteiger partial charge in [0, 0.05) is 30.0 Å². The van der Waals surface area contributed by atoms with Crippen molar-refractivity contribution in [2.75, 3.05) is 24.2 Å². The summed E-state index contributed by atoms with van der Waals surface area (Å²) in [6, 6.07) is 13.9. The summed E-state index contributed by atoms with van der Waals surface area (Å²) >= 11 is 3.43. The number of sulfonamides is 1. The second-order valence-corrected chi connectivity index (χ2v) is 12.3. The molecule has 1 aliphatic carbocycles. The third kappa shape index (κ3) is 8.46. The van der Waals surface area contributed by atoms with Crippen molar-refractivity contribution in [3.05, 3.63) is 58.6 Å². The van der Waals surface area contributed by atoms with Crippen LogP contribution < -0.4 is 14.4 Å². The molecule has 3 rings (SSSR count). The molecule has 0 aromatic heterocycles. The van der Waals surface area contributed by atoms with Crippen molar-refractivity contribution in [1.82, 2.24) is 10.2 Å². The number of hydrogen-bond acceptors (Lipinski definition) is 5. The minimum atomic E-state index is -3.55. The van der Waals surface area contributed by atoms with E-state index in [4.69, 9.17) is 4.74 Å². The Labute approximate surface area is 228 Å². The predicted octanol–water partition coefficient (Wildman–Crippen LogP) is 4.48. The molecule has 0 spiro atoms. The molecule has 0 radical (unpaired) electrons. The molecule has 1 fully saturated rings. The molecule has 1 saturated carbocycles. The summed E-state index contributed by atoms with van der Waals surface area (Å²) in [6.07, 6.45) is 5.70. The molecule has 0 heterocycles. The molecule has 37 heavy (non-hydrogen) atoms. The van der Waals surface area contributed by atoms with Crippen molar-refractivity contribution in [2.45, 2.75) is 64.1 Å². The summed E-state index contributed by atoms with van der Waals surface area (Å²) in [4.78, 5) is 28.0. The zero-order valence-corrected chi connectivity index (χ0v) is 24.1. The number of hydrogen-bond donors (Lipinski definition) is 1. The molecule has 0 saturated heterocycles. The number of rotatable bonds is 12. The van der Waals surface area contributed by atoms with Crippen molar-refractivity contribution >= 4 is 43.5 Å². The predicted molar refractivity (Wildman–Crippen MR) is 149 cm³/mol. The summed E-state index contributed by atoms with van der Waals surface area (Å²) in [6.45, 7) is 2.19. The van der Waals surface area contributed by atoms with Gasteiger partial charge in [-0.1, -0.05) is 40.9 Å². The number of ether oxygens (including phenoxy) is 1. The maximum absolute atomic E-state index is 13.4. The van der Waals surface area contributed by atoms with E-state index in [-0.39, 0.29) is 30.8 Å². The number of benzene rings is 2. The van der Waals surface area contributed by atoms with Gasteiger partial charge in [-0.15, -0.1) is 0 Å². The van der Waals surface area contributed by atoms with E-state index in [1.807, 2.05) is 24.3 Å². The average molecular weight is 595 g/mol. The lowest BCUT2D eigenvalue weighted by Gasteiger charge is -2.30. The molecule has 1 N–H and O–H groups in total. The zero-order valence-electron chi connectivity index (χ0n) is 21.7. The Morgan fingerprint density at radius 3 is 2.27 bits per heavy atom. The minimum absolute atomic E-state index is 0.111. The highest BCUT2D eigenvalue weighted by atomic mass is 79.9. The number of halogens is 1. The van der Waals surface area contributed by atoms with Crippen LogP contribution in [0.1, 0.15) is 51.0 Å². The maximum atomic E-state index is 13.4. The minimum Gasteiger partial charge on any atom is -0.497 e. The Morgan fingerprint density at radius 1 is 1.08 bits per heavy atom. The van der Waals surface area contributed by atoms with Crippen molar-refractivity contribution in [2.24, 2.45) is 0 Å². The van der Waals surface area contributed by atoms with Crippen LogP contribution in [0.3, 0.4) is 0 Å². The second kappa shape index (κ2) is 13.3. The Hall–Kier alpha value is -2.59. The van der Waals surface area contributed by atoms with Gasteiger partial charge in [0.2, 0.25) is 21.8 Å².